The van der Waals surface area contributed by atoms with Crippen molar-refractivity contribution >= 4 is 27.8 Å². The van der Waals surface area contributed by atoms with Gasteiger partial charge in [0.05, 0.1) is 11.1 Å². The van der Waals surface area contributed by atoms with Crippen LogP contribution in [-0.2, 0) is 16.4 Å². The third-order valence-electron chi connectivity index (χ3n) is 4.62. The van der Waals surface area contributed by atoms with E-state index >= 15 is 0 Å². The Bertz CT molecular complexity index is 1250. The number of sulfonamides is 1. The predicted molar refractivity (Wildman–Crippen MR) is 125 cm³/mol. The molecule has 0 atom stereocenters. The molecule has 0 radical (unpaired) electrons. The number of amides is 1. The average molecular weight is 450 g/mol. The summed E-state index contributed by atoms with van der Waals surface area (Å²) >= 11 is 0. The molecule has 0 bridgehead atoms. The zero-order valence-electron chi connectivity index (χ0n) is 17.4. The summed E-state index contributed by atoms with van der Waals surface area (Å²) in [5, 5.41) is 14.1. The van der Waals surface area contributed by atoms with E-state index in [4.69, 9.17) is 0 Å². The van der Waals surface area contributed by atoms with Crippen LogP contribution in [0.5, 0.6) is 5.75 Å². The van der Waals surface area contributed by atoms with E-state index in [1.54, 1.807) is 36.4 Å². The van der Waals surface area contributed by atoms with E-state index in [-0.39, 0.29) is 10.6 Å². The highest BCUT2D eigenvalue weighted by Crippen LogP contribution is 2.21. The Balaban J connectivity index is 1.64. The fraction of sp³-hybridized carbons (Fsp3) is 0.0833. The van der Waals surface area contributed by atoms with Crippen LogP contribution in [0.25, 0.3) is 0 Å². The summed E-state index contributed by atoms with van der Waals surface area (Å²) in [6, 6.07) is 17.7. The third kappa shape index (κ3) is 5.61. The molecule has 3 aromatic rings. The van der Waals surface area contributed by atoms with E-state index in [9.17, 15) is 18.3 Å². The Morgan fingerprint density at radius 3 is 2.41 bits per heavy atom. The smallest absolute Gasteiger partial charge is 0.271 e. The second kappa shape index (κ2) is 9.93. The first-order valence-electron chi connectivity index (χ1n) is 9.75. The topological polar surface area (TPSA) is 108 Å². The number of nitrogens with one attached hydrogen (secondary N) is 2. The van der Waals surface area contributed by atoms with Gasteiger partial charge < -0.3 is 5.11 Å². The van der Waals surface area contributed by atoms with Crippen molar-refractivity contribution in [1.82, 2.24) is 5.43 Å². The zero-order chi connectivity index (χ0) is 23.1. The summed E-state index contributed by atoms with van der Waals surface area (Å²) in [5.41, 5.74) is 5.14. The average Bonchev–Trinajstić information content (AvgIpc) is 2.77. The lowest BCUT2D eigenvalue weighted by atomic mass is 10.1. The van der Waals surface area contributed by atoms with Gasteiger partial charge in [0.1, 0.15) is 5.75 Å². The largest absolute Gasteiger partial charge is 0.507 e. The summed E-state index contributed by atoms with van der Waals surface area (Å²) < 4.78 is 27.4. The van der Waals surface area contributed by atoms with Gasteiger partial charge >= 0.3 is 0 Å². The number of para-hydroxylation sites is 1. The molecule has 8 heteroatoms. The fourth-order valence-electron chi connectivity index (χ4n) is 2.88. The highest BCUT2D eigenvalue weighted by atomic mass is 32.2. The minimum absolute atomic E-state index is 0.0793. The minimum atomic E-state index is -3.72. The zero-order valence-corrected chi connectivity index (χ0v) is 18.3. The number of nitrogens with zero attached hydrogens (tertiary/aromatic N) is 1. The van der Waals surface area contributed by atoms with Crippen LogP contribution in [0, 0.1) is 6.92 Å². The van der Waals surface area contributed by atoms with Gasteiger partial charge in [0.2, 0.25) is 0 Å². The maximum absolute atomic E-state index is 12.5. The van der Waals surface area contributed by atoms with Gasteiger partial charge in [0, 0.05) is 16.8 Å². The van der Waals surface area contributed by atoms with Crippen LogP contribution in [0.2, 0.25) is 0 Å². The van der Waals surface area contributed by atoms with Gasteiger partial charge in [-0.25, -0.2) is 13.8 Å². The molecule has 0 aliphatic heterocycles. The Morgan fingerprint density at radius 2 is 1.75 bits per heavy atom. The number of carbonyl (C=O) groups excluding carboxylic acids is 1. The molecule has 164 valence electrons. The normalized spacial score (nSPS) is 11.3. The minimum Gasteiger partial charge on any atom is -0.507 e. The van der Waals surface area contributed by atoms with Gasteiger partial charge in [0.25, 0.3) is 15.9 Å². The lowest BCUT2D eigenvalue weighted by Crippen LogP contribution is -2.18. The number of benzene rings is 3. The number of hydrogen-bond acceptors (Lipinski definition) is 5. The molecular formula is C24H23N3O4S. The van der Waals surface area contributed by atoms with E-state index < -0.39 is 15.9 Å². The van der Waals surface area contributed by atoms with Crippen molar-refractivity contribution in [2.75, 3.05) is 4.72 Å². The van der Waals surface area contributed by atoms with Gasteiger partial charge in [-0.3, -0.25) is 9.52 Å². The molecule has 0 aromatic heterocycles. The van der Waals surface area contributed by atoms with E-state index in [0.717, 1.165) is 5.56 Å². The van der Waals surface area contributed by atoms with E-state index in [1.165, 1.54) is 42.6 Å². The van der Waals surface area contributed by atoms with Crippen molar-refractivity contribution < 1.29 is 18.3 Å². The second-order valence-corrected chi connectivity index (χ2v) is 8.73. The molecule has 32 heavy (non-hydrogen) atoms. The number of carbonyl (C=O) groups is 1. The van der Waals surface area contributed by atoms with Crippen molar-refractivity contribution in [2.24, 2.45) is 5.10 Å². The molecule has 3 N–H and O–H groups in total. The number of rotatable bonds is 8. The SMILES string of the molecule is C=CCc1cccc(/C=N\NC(=O)c2ccc(NS(=O)(=O)c3ccc(C)cc3)cc2)c1O. The Morgan fingerprint density at radius 1 is 1.06 bits per heavy atom. The molecule has 0 unspecified atom stereocenters. The summed E-state index contributed by atoms with van der Waals surface area (Å²) in [6.45, 7) is 5.53. The number of aromatic hydroxyl groups is 1. The van der Waals surface area contributed by atoms with Crippen molar-refractivity contribution in [3.8, 4) is 5.75 Å². The molecule has 0 saturated carbocycles. The lowest BCUT2D eigenvalue weighted by Gasteiger charge is -2.09. The molecule has 0 spiro atoms. The number of phenols is 1. The standard InChI is InChI=1S/C24H23N3O4S/c1-3-5-18-6-4-7-20(23(18)28)16-25-26-24(29)19-10-12-21(13-11-19)27-32(30,31)22-14-8-17(2)9-15-22/h3-4,6-16,27-28H,1,5H2,2H3,(H,26,29)/b25-16-. The monoisotopic (exact) mass is 449 g/mol. The molecule has 3 aromatic carbocycles. The Hall–Kier alpha value is -3.91. The van der Waals surface area contributed by atoms with Crippen LogP contribution >= 0.6 is 0 Å². The van der Waals surface area contributed by atoms with Crippen LogP contribution in [0.3, 0.4) is 0 Å². The first-order valence-corrected chi connectivity index (χ1v) is 11.2. The number of allylic oxidation sites excluding steroid dienone is 1. The summed E-state index contributed by atoms with van der Waals surface area (Å²) in [4.78, 5) is 12.5. The van der Waals surface area contributed by atoms with Gasteiger partial charge in [-0.15, -0.1) is 6.58 Å². The third-order valence-corrected chi connectivity index (χ3v) is 6.01. The van der Waals surface area contributed by atoms with Crippen molar-refractivity contribution in [2.45, 2.75) is 18.2 Å². The van der Waals surface area contributed by atoms with E-state index in [1.807, 2.05) is 6.92 Å². The maximum atomic E-state index is 12.5. The molecule has 0 saturated heterocycles. The maximum Gasteiger partial charge on any atom is 0.271 e. The molecular weight excluding hydrogens is 426 g/mol. The summed E-state index contributed by atoms with van der Waals surface area (Å²) in [5.74, 6) is -0.397. The van der Waals surface area contributed by atoms with Gasteiger partial charge in [0.15, 0.2) is 0 Å². The summed E-state index contributed by atoms with van der Waals surface area (Å²) in [7, 11) is -3.72. The number of hydrogen-bond donors (Lipinski definition) is 3. The van der Waals surface area contributed by atoms with Crippen LogP contribution in [-0.4, -0.2) is 25.6 Å². The van der Waals surface area contributed by atoms with Crippen molar-refractivity contribution in [3.05, 3.63) is 102 Å². The van der Waals surface area contributed by atoms with Crippen LogP contribution < -0.4 is 10.1 Å². The predicted octanol–water partition coefficient (Wildman–Crippen LogP) is 3.99. The quantitative estimate of drug-likeness (QED) is 0.274. The van der Waals surface area contributed by atoms with E-state index in [2.05, 4.69) is 21.8 Å². The molecule has 0 fully saturated rings. The van der Waals surface area contributed by atoms with Crippen LogP contribution in [0.4, 0.5) is 5.69 Å². The highest BCUT2D eigenvalue weighted by Gasteiger charge is 2.14. The first kappa shape index (κ1) is 22.8. The van der Waals surface area contributed by atoms with Gasteiger partial charge in [-0.1, -0.05) is 35.9 Å². The number of aryl methyl sites for hydroxylation is 1. The van der Waals surface area contributed by atoms with Crippen molar-refractivity contribution in [3.63, 3.8) is 0 Å². The Kier molecular flexibility index (Phi) is 7.07. The lowest BCUT2D eigenvalue weighted by molar-refractivity contribution is 0.0955. The van der Waals surface area contributed by atoms with Gasteiger partial charge in [-0.2, -0.15) is 5.10 Å². The Labute approximate surface area is 187 Å². The molecule has 3 rings (SSSR count). The number of anilines is 1. The molecule has 0 heterocycles. The first-order chi connectivity index (χ1) is 15.3. The number of hydrazone groups is 1. The van der Waals surface area contributed by atoms with Crippen LogP contribution in [0.15, 0.2) is 89.4 Å². The van der Waals surface area contributed by atoms with Crippen LogP contribution in [0.1, 0.15) is 27.0 Å². The molecule has 7 nitrogen and oxygen atoms in total. The summed E-state index contributed by atoms with van der Waals surface area (Å²) in [6.07, 6.45) is 3.55. The highest BCUT2D eigenvalue weighted by molar-refractivity contribution is 7.92. The molecule has 1 amide bonds. The number of phenolic OH excluding ortho intramolecular Hbond substituents is 1. The van der Waals surface area contributed by atoms with E-state index in [0.29, 0.717) is 28.8 Å². The molecule has 0 aliphatic carbocycles. The molecule has 0 aliphatic rings. The fourth-order valence-corrected chi connectivity index (χ4v) is 3.94. The van der Waals surface area contributed by atoms with Gasteiger partial charge in [-0.05, 0) is 61.4 Å². The second-order valence-electron chi connectivity index (χ2n) is 7.04. The van der Waals surface area contributed by atoms with Crippen molar-refractivity contribution in [1.29, 1.82) is 0 Å².